The van der Waals surface area contributed by atoms with Crippen molar-refractivity contribution in [3.8, 4) is 28.9 Å². The molecule has 4 rings (SSSR count). The molecule has 1 aromatic heterocycles. The van der Waals surface area contributed by atoms with Gasteiger partial charge < -0.3 is 10.1 Å². The number of nitrogens with one attached hydrogen (secondary N) is 2. The van der Waals surface area contributed by atoms with Crippen LogP contribution in [0.4, 0.5) is 18.9 Å². The van der Waals surface area contributed by atoms with Gasteiger partial charge in [0.25, 0.3) is 0 Å². The third-order valence-electron chi connectivity index (χ3n) is 4.67. The lowest BCUT2D eigenvalue weighted by Gasteiger charge is -2.09. The lowest BCUT2D eigenvalue weighted by atomic mass is 10.1. The minimum Gasteiger partial charge on any atom is -0.406 e. The Labute approximate surface area is 208 Å². The summed E-state index contributed by atoms with van der Waals surface area (Å²) < 4.78 is 42.3. The van der Waals surface area contributed by atoms with Crippen LogP contribution in [0.5, 0.6) is 5.75 Å². The summed E-state index contributed by atoms with van der Waals surface area (Å²) in [6.07, 6.45) is -1.71. The highest BCUT2D eigenvalue weighted by Crippen LogP contribution is 2.24. The molecule has 8 nitrogen and oxygen atoms in total. The minimum absolute atomic E-state index is 0.235. The Morgan fingerprint density at radius 2 is 1.78 bits per heavy atom. The molecule has 12 heteroatoms. The maximum Gasteiger partial charge on any atom is 0.573 e. The van der Waals surface area contributed by atoms with Crippen LogP contribution in [0.3, 0.4) is 0 Å². The lowest BCUT2D eigenvalue weighted by molar-refractivity contribution is -0.274. The number of rotatable bonds is 6. The summed E-state index contributed by atoms with van der Waals surface area (Å²) in [6.45, 7) is 0. The normalized spacial score (nSPS) is 11.2. The average molecular weight is 508 g/mol. The first-order chi connectivity index (χ1) is 17.3. The molecule has 0 unspecified atom stereocenters. The van der Waals surface area contributed by atoms with Gasteiger partial charge >= 0.3 is 6.36 Å². The second kappa shape index (κ2) is 10.7. The number of benzene rings is 3. The van der Waals surface area contributed by atoms with E-state index in [1.165, 1.54) is 35.3 Å². The summed E-state index contributed by atoms with van der Waals surface area (Å²) in [7, 11) is 0. The van der Waals surface area contributed by atoms with Gasteiger partial charge in [-0.3, -0.25) is 5.43 Å². The molecular weight excluding hydrogens is 491 g/mol. The maximum atomic E-state index is 12.3. The van der Waals surface area contributed by atoms with Crippen LogP contribution in [0.15, 0.2) is 84.2 Å². The van der Waals surface area contributed by atoms with E-state index in [1.54, 1.807) is 42.6 Å². The van der Waals surface area contributed by atoms with Crippen molar-refractivity contribution in [2.75, 3.05) is 5.32 Å². The monoisotopic (exact) mass is 507 g/mol. The molecule has 0 atom stereocenters. The molecule has 4 aromatic rings. The number of nitrogens with zero attached hydrogens (tertiary/aromatic N) is 5. The van der Waals surface area contributed by atoms with Crippen LogP contribution in [-0.4, -0.2) is 32.5 Å². The Hall–Kier alpha value is -4.76. The fourth-order valence-electron chi connectivity index (χ4n) is 3.04. The first-order valence-corrected chi connectivity index (χ1v) is 10.7. The fourth-order valence-corrected chi connectivity index (χ4v) is 3.21. The van der Waals surface area contributed by atoms with E-state index in [1.807, 2.05) is 12.1 Å². The van der Waals surface area contributed by atoms with Crippen molar-refractivity contribution in [2.24, 2.45) is 5.10 Å². The molecule has 36 heavy (non-hydrogen) atoms. The highest BCUT2D eigenvalue weighted by atomic mass is 32.1. The van der Waals surface area contributed by atoms with Gasteiger partial charge in [-0.1, -0.05) is 36.4 Å². The number of anilines is 1. The van der Waals surface area contributed by atoms with Crippen molar-refractivity contribution in [2.45, 2.75) is 6.36 Å². The summed E-state index contributed by atoms with van der Waals surface area (Å²) in [5.41, 5.74) is 5.79. The number of hydrazone groups is 1. The summed E-state index contributed by atoms with van der Waals surface area (Å²) in [4.78, 5) is 4.26. The van der Waals surface area contributed by atoms with Crippen LogP contribution in [0, 0.1) is 11.3 Å². The predicted molar refractivity (Wildman–Crippen MR) is 132 cm³/mol. The van der Waals surface area contributed by atoms with Gasteiger partial charge in [0, 0.05) is 5.56 Å². The summed E-state index contributed by atoms with van der Waals surface area (Å²) in [5.74, 6) is 0.121. The lowest BCUT2D eigenvalue weighted by Crippen LogP contribution is -2.24. The van der Waals surface area contributed by atoms with Gasteiger partial charge in [0.2, 0.25) is 0 Å². The number of thiocarbonyl (C=S) groups is 1. The second-order valence-corrected chi connectivity index (χ2v) is 7.57. The van der Waals surface area contributed by atoms with Crippen LogP contribution >= 0.6 is 12.2 Å². The molecule has 0 fully saturated rings. The van der Waals surface area contributed by atoms with Crippen LogP contribution in [-0.2, 0) is 0 Å². The Balaban J connectivity index is 1.35. The van der Waals surface area contributed by atoms with Crippen molar-refractivity contribution in [1.29, 1.82) is 5.26 Å². The number of nitriles is 1. The number of aromatic nitrogens is 3. The third-order valence-corrected chi connectivity index (χ3v) is 4.86. The summed E-state index contributed by atoms with van der Waals surface area (Å²) in [6, 6.07) is 21.6. The molecule has 0 aliphatic rings. The topological polar surface area (TPSA) is 100 Å². The highest BCUT2D eigenvalue weighted by Gasteiger charge is 2.31. The number of hydrogen-bond donors (Lipinski definition) is 2. The van der Waals surface area contributed by atoms with E-state index >= 15 is 0 Å². The number of para-hydroxylation sites is 1. The number of alkyl halides is 3. The fraction of sp³-hybridized carbons (Fsp3) is 0.0417. The zero-order valence-electron chi connectivity index (χ0n) is 18.3. The van der Waals surface area contributed by atoms with Crippen LogP contribution in [0.2, 0.25) is 0 Å². The van der Waals surface area contributed by atoms with Gasteiger partial charge in [-0.15, -0.1) is 18.3 Å². The molecular formula is C24H16F3N7OS. The molecule has 2 N–H and O–H groups in total. The molecule has 180 valence electrons. The summed E-state index contributed by atoms with van der Waals surface area (Å²) >= 11 is 5.20. The quantitative estimate of drug-likeness (QED) is 0.215. The first-order valence-electron chi connectivity index (χ1n) is 10.3. The first kappa shape index (κ1) is 24.4. The van der Waals surface area contributed by atoms with Gasteiger partial charge in [-0.25, -0.2) is 9.67 Å². The Morgan fingerprint density at radius 3 is 2.47 bits per heavy atom. The predicted octanol–water partition coefficient (Wildman–Crippen LogP) is 5.03. The van der Waals surface area contributed by atoms with E-state index in [4.69, 9.17) is 17.5 Å². The second-order valence-electron chi connectivity index (χ2n) is 7.16. The van der Waals surface area contributed by atoms with Crippen LogP contribution < -0.4 is 15.5 Å². The van der Waals surface area contributed by atoms with E-state index in [0.29, 0.717) is 22.8 Å². The van der Waals surface area contributed by atoms with Gasteiger partial charge in [-0.05, 0) is 54.2 Å². The molecule has 0 amide bonds. The minimum atomic E-state index is -4.75. The van der Waals surface area contributed by atoms with Crippen molar-refractivity contribution in [3.05, 3.63) is 90.3 Å². The number of ether oxygens (including phenoxy) is 1. The summed E-state index contributed by atoms with van der Waals surface area (Å²) in [5, 5.41) is 20.7. The van der Waals surface area contributed by atoms with E-state index in [9.17, 15) is 13.2 Å². The van der Waals surface area contributed by atoms with Gasteiger partial charge in [0.15, 0.2) is 10.9 Å². The molecule has 0 saturated carbocycles. The van der Waals surface area contributed by atoms with Gasteiger partial charge in [0.05, 0.1) is 23.2 Å². The molecule has 0 saturated heterocycles. The Kier molecular flexibility index (Phi) is 7.22. The van der Waals surface area contributed by atoms with Gasteiger partial charge in [0.1, 0.15) is 18.1 Å². The standard InChI is InChI=1S/C24H16F3N7OS/c25-24(26,27)35-20-11-9-19(10-12-20)34-15-29-22(33-34)17-7-5-16(6-8-17)14-30-32-23(36)31-21-4-2-1-3-18(21)13-28/h1-12,14-15H,(H2,31,32,36)/b30-14+. The molecule has 1 heterocycles. The molecule has 0 radical (unpaired) electrons. The Bertz CT molecular complexity index is 1430. The van der Waals surface area contributed by atoms with E-state index < -0.39 is 6.36 Å². The molecule has 0 bridgehead atoms. The third kappa shape index (κ3) is 6.43. The van der Waals surface area contributed by atoms with E-state index in [2.05, 4.69) is 36.7 Å². The zero-order valence-corrected chi connectivity index (χ0v) is 19.1. The van der Waals surface area contributed by atoms with Crippen molar-refractivity contribution < 1.29 is 17.9 Å². The smallest absolute Gasteiger partial charge is 0.406 e. The number of hydrogen-bond acceptors (Lipinski definition) is 6. The SMILES string of the molecule is N#Cc1ccccc1NC(=S)N/N=C/c1ccc(-c2ncn(-c3ccc(OC(F)(F)F)cc3)n2)cc1. The molecule has 0 aliphatic carbocycles. The average Bonchev–Trinajstić information content (AvgIpc) is 3.35. The zero-order chi connectivity index (χ0) is 25.5. The maximum absolute atomic E-state index is 12.3. The van der Waals surface area contributed by atoms with Crippen molar-refractivity contribution in [3.63, 3.8) is 0 Å². The molecule has 0 spiro atoms. The van der Waals surface area contributed by atoms with Crippen molar-refractivity contribution in [1.82, 2.24) is 20.2 Å². The van der Waals surface area contributed by atoms with Gasteiger partial charge in [-0.2, -0.15) is 10.4 Å². The molecule has 3 aromatic carbocycles. The van der Waals surface area contributed by atoms with E-state index in [-0.39, 0.29) is 10.9 Å². The molecule has 0 aliphatic heterocycles. The largest absolute Gasteiger partial charge is 0.573 e. The highest BCUT2D eigenvalue weighted by molar-refractivity contribution is 7.80. The van der Waals surface area contributed by atoms with Crippen molar-refractivity contribution >= 4 is 29.2 Å². The van der Waals surface area contributed by atoms with Crippen LogP contribution in [0.25, 0.3) is 17.1 Å². The van der Waals surface area contributed by atoms with Crippen LogP contribution in [0.1, 0.15) is 11.1 Å². The van der Waals surface area contributed by atoms with E-state index in [0.717, 1.165) is 11.1 Å². The Morgan fingerprint density at radius 1 is 1.06 bits per heavy atom. The number of halogens is 3.